The van der Waals surface area contributed by atoms with Crippen molar-refractivity contribution in [2.24, 2.45) is 5.73 Å². The van der Waals surface area contributed by atoms with Crippen molar-refractivity contribution in [2.45, 2.75) is 18.9 Å². The Morgan fingerprint density at radius 2 is 2.24 bits per heavy atom. The fourth-order valence-corrected chi connectivity index (χ4v) is 2.17. The molecule has 1 unspecified atom stereocenters. The molecule has 1 aromatic carbocycles. The lowest BCUT2D eigenvalue weighted by molar-refractivity contribution is 0.0735. The highest BCUT2D eigenvalue weighted by Gasteiger charge is 2.30. The van der Waals surface area contributed by atoms with Crippen LogP contribution in [0.2, 0.25) is 0 Å². The van der Waals surface area contributed by atoms with Crippen molar-refractivity contribution < 1.29 is 13.6 Å². The van der Waals surface area contributed by atoms with E-state index in [1.807, 2.05) is 0 Å². The summed E-state index contributed by atoms with van der Waals surface area (Å²) in [6.07, 6.45) is 1.67. The average molecular weight is 240 g/mol. The van der Waals surface area contributed by atoms with E-state index < -0.39 is 17.5 Å². The molecule has 0 bridgehead atoms. The van der Waals surface area contributed by atoms with Crippen LogP contribution in [0.1, 0.15) is 23.2 Å². The third kappa shape index (κ3) is 2.15. The number of nitrogens with zero attached hydrogens (tertiary/aromatic N) is 1. The largest absolute Gasteiger partial charge is 0.334 e. The summed E-state index contributed by atoms with van der Waals surface area (Å²) in [6.45, 7) is 0.902. The quantitative estimate of drug-likeness (QED) is 0.852. The Balaban J connectivity index is 2.28. The standard InChI is InChI=1S/C12H14F2N2O/c13-10-5-1-4-9(11(10)14)12(17)16-6-2-3-8(16)7-15/h1,4-5,8H,2-3,6-7,15H2. The van der Waals surface area contributed by atoms with Crippen LogP contribution in [0, 0.1) is 11.6 Å². The van der Waals surface area contributed by atoms with Crippen molar-refractivity contribution in [3.63, 3.8) is 0 Å². The number of carbonyl (C=O) groups is 1. The van der Waals surface area contributed by atoms with Crippen molar-refractivity contribution in [1.29, 1.82) is 0 Å². The van der Waals surface area contributed by atoms with Crippen molar-refractivity contribution >= 4 is 5.91 Å². The van der Waals surface area contributed by atoms with Gasteiger partial charge in [-0.15, -0.1) is 0 Å². The van der Waals surface area contributed by atoms with Crippen LogP contribution in [0.3, 0.4) is 0 Å². The second-order valence-electron chi connectivity index (χ2n) is 4.13. The first-order chi connectivity index (χ1) is 8.15. The van der Waals surface area contributed by atoms with Crippen molar-refractivity contribution in [1.82, 2.24) is 4.90 Å². The molecule has 1 aliphatic heterocycles. The predicted molar refractivity (Wildman–Crippen MR) is 59.5 cm³/mol. The van der Waals surface area contributed by atoms with Crippen molar-refractivity contribution in [2.75, 3.05) is 13.1 Å². The first-order valence-corrected chi connectivity index (χ1v) is 5.60. The second-order valence-corrected chi connectivity index (χ2v) is 4.13. The Morgan fingerprint density at radius 1 is 1.47 bits per heavy atom. The molecule has 0 saturated carbocycles. The molecule has 5 heteroatoms. The Labute approximate surface area is 98.2 Å². The molecule has 1 fully saturated rings. The molecule has 3 nitrogen and oxygen atoms in total. The number of amides is 1. The zero-order valence-corrected chi connectivity index (χ0v) is 9.33. The molecular weight excluding hydrogens is 226 g/mol. The first-order valence-electron chi connectivity index (χ1n) is 5.60. The molecule has 92 valence electrons. The lowest BCUT2D eigenvalue weighted by Gasteiger charge is -2.23. The van der Waals surface area contributed by atoms with Crippen LogP contribution < -0.4 is 5.73 Å². The van der Waals surface area contributed by atoms with Gasteiger partial charge in [-0.3, -0.25) is 4.79 Å². The van der Waals surface area contributed by atoms with E-state index in [0.29, 0.717) is 13.1 Å². The van der Waals surface area contributed by atoms with Gasteiger partial charge in [-0.2, -0.15) is 0 Å². The van der Waals surface area contributed by atoms with E-state index in [9.17, 15) is 13.6 Å². The number of nitrogens with two attached hydrogens (primary N) is 1. The molecule has 17 heavy (non-hydrogen) atoms. The van der Waals surface area contributed by atoms with Crippen molar-refractivity contribution in [3.8, 4) is 0 Å². The summed E-state index contributed by atoms with van der Waals surface area (Å²) in [7, 11) is 0. The second kappa shape index (κ2) is 4.79. The minimum Gasteiger partial charge on any atom is -0.334 e. The Hall–Kier alpha value is -1.49. The normalized spacial score (nSPS) is 19.7. The van der Waals surface area contributed by atoms with E-state index in [1.165, 1.54) is 17.0 Å². The van der Waals surface area contributed by atoms with Gasteiger partial charge in [0.2, 0.25) is 0 Å². The van der Waals surface area contributed by atoms with E-state index in [4.69, 9.17) is 5.73 Å². The maximum Gasteiger partial charge on any atom is 0.257 e. The number of likely N-dealkylation sites (tertiary alicyclic amines) is 1. The van der Waals surface area contributed by atoms with Gasteiger partial charge in [0.15, 0.2) is 11.6 Å². The summed E-state index contributed by atoms with van der Waals surface area (Å²) in [5.41, 5.74) is 5.33. The van der Waals surface area contributed by atoms with Gasteiger partial charge in [0.1, 0.15) is 0 Å². The summed E-state index contributed by atoms with van der Waals surface area (Å²) in [4.78, 5) is 13.6. The third-order valence-corrected chi connectivity index (χ3v) is 3.09. The molecule has 1 atom stereocenters. The number of hydrogen-bond acceptors (Lipinski definition) is 2. The summed E-state index contributed by atoms with van der Waals surface area (Å²) in [5, 5.41) is 0. The molecule has 0 aliphatic carbocycles. The van der Waals surface area contributed by atoms with E-state index in [1.54, 1.807) is 0 Å². The molecule has 0 aromatic heterocycles. The van der Waals surface area contributed by atoms with E-state index >= 15 is 0 Å². The first kappa shape index (κ1) is 12.0. The van der Waals surface area contributed by atoms with E-state index in [0.717, 1.165) is 18.9 Å². The fraction of sp³-hybridized carbons (Fsp3) is 0.417. The highest BCUT2D eigenvalue weighted by Crippen LogP contribution is 2.21. The molecule has 1 heterocycles. The number of halogens is 2. The number of rotatable bonds is 2. The fourth-order valence-electron chi connectivity index (χ4n) is 2.17. The van der Waals surface area contributed by atoms with Crippen LogP contribution in [-0.4, -0.2) is 29.9 Å². The lowest BCUT2D eigenvalue weighted by atomic mass is 10.1. The smallest absolute Gasteiger partial charge is 0.257 e. The van der Waals surface area contributed by atoms with Gasteiger partial charge < -0.3 is 10.6 Å². The molecule has 0 radical (unpaired) electrons. The zero-order chi connectivity index (χ0) is 12.4. The highest BCUT2D eigenvalue weighted by atomic mass is 19.2. The molecule has 2 rings (SSSR count). The van der Waals surface area contributed by atoms with Crippen LogP contribution in [0.5, 0.6) is 0 Å². The van der Waals surface area contributed by atoms with E-state index in [2.05, 4.69) is 0 Å². The average Bonchev–Trinajstić information content (AvgIpc) is 2.80. The molecule has 0 spiro atoms. The Morgan fingerprint density at radius 3 is 2.94 bits per heavy atom. The van der Waals surface area contributed by atoms with Gasteiger partial charge in [0.05, 0.1) is 5.56 Å². The van der Waals surface area contributed by atoms with Gasteiger partial charge in [0, 0.05) is 19.1 Å². The van der Waals surface area contributed by atoms with Crippen LogP contribution in [0.15, 0.2) is 18.2 Å². The molecular formula is C12H14F2N2O. The summed E-state index contributed by atoms with van der Waals surface area (Å²) < 4.78 is 26.5. The highest BCUT2D eigenvalue weighted by molar-refractivity contribution is 5.94. The minimum atomic E-state index is -1.08. The zero-order valence-electron chi connectivity index (χ0n) is 9.33. The van der Waals surface area contributed by atoms with Crippen LogP contribution in [0.4, 0.5) is 8.78 Å². The molecule has 1 saturated heterocycles. The lowest BCUT2D eigenvalue weighted by Crippen LogP contribution is -2.40. The summed E-state index contributed by atoms with van der Waals surface area (Å²) in [5.74, 6) is -2.56. The van der Waals surface area contributed by atoms with Crippen LogP contribution in [-0.2, 0) is 0 Å². The maximum absolute atomic E-state index is 13.5. The van der Waals surface area contributed by atoms with E-state index in [-0.39, 0.29) is 11.6 Å². The van der Waals surface area contributed by atoms with Crippen molar-refractivity contribution in [3.05, 3.63) is 35.4 Å². The SMILES string of the molecule is NCC1CCCN1C(=O)c1cccc(F)c1F. The number of benzene rings is 1. The minimum absolute atomic E-state index is 0.0647. The van der Waals surface area contributed by atoms with Crippen LogP contribution >= 0.6 is 0 Å². The van der Waals surface area contributed by atoms with Gasteiger partial charge in [0.25, 0.3) is 5.91 Å². The number of carbonyl (C=O) groups excluding carboxylic acids is 1. The Kier molecular flexibility index (Phi) is 3.38. The molecule has 1 aliphatic rings. The third-order valence-electron chi connectivity index (χ3n) is 3.09. The monoisotopic (exact) mass is 240 g/mol. The maximum atomic E-state index is 13.5. The van der Waals surface area contributed by atoms with Gasteiger partial charge in [-0.1, -0.05) is 6.07 Å². The predicted octanol–water partition coefficient (Wildman–Crippen LogP) is 1.53. The van der Waals surface area contributed by atoms with Crippen LogP contribution in [0.25, 0.3) is 0 Å². The topological polar surface area (TPSA) is 46.3 Å². The summed E-state index contributed by atoms with van der Waals surface area (Å²) >= 11 is 0. The molecule has 1 aromatic rings. The number of hydrogen-bond donors (Lipinski definition) is 1. The molecule has 2 N–H and O–H groups in total. The molecule has 1 amide bonds. The summed E-state index contributed by atoms with van der Waals surface area (Å²) in [6, 6.07) is 3.56. The van der Waals surface area contributed by atoms with Gasteiger partial charge in [-0.25, -0.2) is 8.78 Å². The van der Waals surface area contributed by atoms with Gasteiger partial charge in [-0.05, 0) is 25.0 Å². The Bertz CT molecular complexity index is 437. The van der Waals surface area contributed by atoms with Gasteiger partial charge >= 0.3 is 0 Å².